The lowest BCUT2D eigenvalue weighted by Gasteiger charge is -2.42. The Balaban J connectivity index is 1.40. The van der Waals surface area contributed by atoms with Crippen molar-refractivity contribution in [2.75, 3.05) is 5.32 Å². The number of benzene rings is 5. The lowest BCUT2D eigenvalue weighted by Crippen LogP contribution is -2.37. The first kappa shape index (κ1) is 27.1. The lowest BCUT2D eigenvalue weighted by atomic mass is 9.58. The minimum atomic E-state index is -0.0935. The number of aromatic nitrogens is 1. The molecule has 3 aliphatic rings. The Morgan fingerprint density at radius 2 is 1.38 bits per heavy atom. The first-order valence-electron chi connectivity index (χ1n) is 16.7. The second kappa shape index (κ2) is 8.72. The Morgan fingerprint density at radius 3 is 2.18 bits per heavy atom. The second-order valence-electron chi connectivity index (χ2n) is 15.8. The van der Waals surface area contributed by atoms with Gasteiger partial charge in [0.15, 0.2) is 7.28 Å². The van der Waals surface area contributed by atoms with Crippen LogP contribution in [0.1, 0.15) is 82.2 Å². The maximum absolute atomic E-state index is 3.91. The largest absolute Gasteiger partial charge is 0.355 e. The zero-order valence-corrected chi connectivity index (χ0v) is 27.7. The molecular weight excluding hydrogens is 543 g/mol. The third kappa shape index (κ3) is 3.53. The van der Waals surface area contributed by atoms with Crippen LogP contribution in [-0.2, 0) is 16.2 Å². The summed E-state index contributed by atoms with van der Waals surface area (Å²) in [5.41, 5.74) is 19.4. The van der Waals surface area contributed by atoms with Crippen LogP contribution in [0.5, 0.6) is 0 Å². The third-order valence-corrected chi connectivity index (χ3v) is 11.8. The summed E-state index contributed by atoms with van der Waals surface area (Å²) >= 11 is 0. The number of hydrogen-bond acceptors (Lipinski definition) is 1. The van der Waals surface area contributed by atoms with Gasteiger partial charge in [0.05, 0.1) is 11.2 Å². The summed E-state index contributed by atoms with van der Waals surface area (Å²) in [5, 5.41) is 6.73. The Morgan fingerprint density at radius 1 is 0.689 bits per heavy atom. The smallest absolute Gasteiger partial charge is 0.198 e. The molecule has 0 spiro atoms. The first-order chi connectivity index (χ1) is 21.5. The van der Waals surface area contributed by atoms with E-state index in [0.717, 1.165) is 7.28 Å². The highest BCUT2D eigenvalue weighted by atomic mass is 15.0. The van der Waals surface area contributed by atoms with Crippen LogP contribution in [0.25, 0.3) is 38.6 Å². The van der Waals surface area contributed by atoms with Crippen molar-refractivity contribution in [3.63, 3.8) is 0 Å². The summed E-state index contributed by atoms with van der Waals surface area (Å²) in [6.45, 7) is 16.9. The van der Waals surface area contributed by atoms with E-state index in [-0.39, 0.29) is 16.2 Å². The third-order valence-electron chi connectivity index (χ3n) is 11.8. The molecule has 0 saturated carbocycles. The van der Waals surface area contributed by atoms with E-state index in [4.69, 9.17) is 0 Å². The highest BCUT2D eigenvalue weighted by Gasteiger charge is 2.39. The Labute approximate surface area is 267 Å². The van der Waals surface area contributed by atoms with E-state index in [2.05, 4.69) is 143 Å². The fraction of sp³-hybridized carbons (Fsp3) is 0.286. The number of nitrogens with zero attached hydrogens (tertiary/aromatic N) is 1. The van der Waals surface area contributed by atoms with Gasteiger partial charge in [0, 0.05) is 38.6 Å². The molecule has 0 radical (unpaired) electrons. The molecular formula is C42H41BN2. The van der Waals surface area contributed by atoms with E-state index in [1.807, 2.05) is 0 Å². The van der Waals surface area contributed by atoms with Gasteiger partial charge in [-0.3, -0.25) is 0 Å². The molecule has 2 aliphatic heterocycles. The van der Waals surface area contributed by atoms with Crippen LogP contribution in [0, 0.1) is 6.92 Å². The maximum Gasteiger partial charge on any atom is 0.198 e. The van der Waals surface area contributed by atoms with Crippen molar-refractivity contribution in [2.45, 2.75) is 77.6 Å². The van der Waals surface area contributed by atoms with Gasteiger partial charge in [-0.15, -0.1) is 0 Å². The Hall–Kier alpha value is -4.24. The van der Waals surface area contributed by atoms with Crippen LogP contribution in [0.2, 0.25) is 0 Å². The molecule has 5 aromatic carbocycles. The SMILES string of the molecule is Cc1cc(-c2cccc3c2Nc2ccccc2C3(C)C)c2c3c1c1cc4c(cc1n3-c1ccccc1B2)C(C)(C)CCC4(C)C. The fourth-order valence-corrected chi connectivity index (χ4v) is 9.12. The van der Waals surface area contributed by atoms with Gasteiger partial charge in [-0.05, 0) is 93.7 Å². The maximum atomic E-state index is 3.91. The fourth-order valence-electron chi connectivity index (χ4n) is 9.12. The highest BCUT2D eigenvalue weighted by Crippen LogP contribution is 2.51. The van der Waals surface area contributed by atoms with E-state index < -0.39 is 0 Å². The van der Waals surface area contributed by atoms with Crippen LogP contribution >= 0.6 is 0 Å². The van der Waals surface area contributed by atoms with Gasteiger partial charge >= 0.3 is 0 Å². The molecule has 222 valence electrons. The molecule has 9 rings (SSSR count). The molecule has 45 heavy (non-hydrogen) atoms. The molecule has 0 saturated heterocycles. The van der Waals surface area contributed by atoms with Gasteiger partial charge in [-0.25, -0.2) is 0 Å². The van der Waals surface area contributed by atoms with E-state index >= 15 is 0 Å². The van der Waals surface area contributed by atoms with E-state index in [0.29, 0.717) is 0 Å². The average molecular weight is 585 g/mol. The monoisotopic (exact) mass is 584 g/mol. The molecule has 0 bridgehead atoms. The molecule has 3 heterocycles. The quantitative estimate of drug-likeness (QED) is 0.190. The normalized spacial score (nSPS) is 17.9. The number of aryl methyl sites for hydroxylation is 1. The predicted octanol–water partition coefficient (Wildman–Crippen LogP) is 9.19. The number of para-hydroxylation sites is 3. The minimum Gasteiger partial charge on any atom is -0.355 e. The standard InChI is InChI=1S/C42H41BN2/c1-24-21-26(25-13-12-15-29-38(25)44-33-17-10-8-14-28(33)42(29,6)7)37-39-36(24)27-22-30-31(41(4,5)20-19-40(30,2)3)23-35(27)45(39)34-18-11-9-16-32(34)43-37/h8-18,21-23,43-44H,19-20H2,1-7H3. The molecule has 3 heteroatoms. The first-order valence-corrected chi connectivity index (χ1v) is 16.7. The lowest BCUT2D eigenvalue weighted by molar-refractivity contribution is 0.332. The Kier molecular flexibility index (Phi) is 5.25. The number of hydrogen-bond donors (Lipinski definition) is 1. The number of rotatable bonds is 1. The topological polar surface area (TPSA) is 17.0 Å². The Bertz CT molecular complexity index is 2260. The molecule has 1 aromatic heterocycles. The summed E-state index contributed by atoms with van der Waals surface area (Å²) in [6, 6.07) is 32.5. The van der Waals surface area contributed by atoms with Crippen molar-refractivity contribution in [2.24, 2.45) is 0 Å². The van der Waals surface area contributed by atoms with Crippen LogP contribution in [0.4, 0.5) is 11.4 Å². The molecule has 1 aliphatic carbocycles. The summed E-state index contributed by atoms with van der Waals surface area (Å²) in [7, 11) is 0.930. The van der Waals surface area contributed by atoms with Gasteiger partial charge in [0.1, 0.15) is 0 Å². The summed E-state index contributed by atoms with van der Waals surface area (Å²) in [5.74, 6) is 0. The molecule has 1 N–H and O–H groups in total. The molecule has 0 amide bonds. The van der Waals surface area contributed by atoms with Crippen molar-refractivity contribution in [3.8, 4) is 16.8 Å². The second-order valence-corrected chi connectivity index (χ2v) is 15.8. The molecule has 0 unspecified atom stereocenters. The van der Waals surface area contributed by atoms with Crippen LogP contribution in [0.3, 0.4) is 0 Å². The van der Waals surface area contributed by atoms with Crippen molar-refractivity contribution in [3.05, 3.63) is 113 Å². The van der Waals surface area contributed by atoms with Gasteiger partial charge < -0.3 is 9.88 Å². The molecule has 0 atom stereocenters. The van der Waals surface area contributed by atoms with Crippen molar-refractivity contribution >= 4 is 51.4 Å². The van der Waals surface area contributed by atoms with E-state index in [9.17, 15) is 0 Å². The molecule has 6 aromatic rings. The van der Waals surface area contributed by atoms with Crippen molar-refractivity contribution < 1.29 is 0 Å². The van der Waals surface area contributed by atoms with E-state index in [1.54, 1.807) is 0 Å². The van der Waals surface area contributed by atoms with Gasteiger partial charge in [-0.1, -0.05) is 108 Å². The predicted molar refractivity (Wildman–Crippen MR) is 195 cm³/mol. The zero-order valence-electron chi connectivity index (χ0n) is 27.7. The van der Waals surface area contributed by atoms with Crippen LogP contribution in [0.15, 0.2) is 84.9 Å². The summed E-state index contributed by atoms with van der Waals surface area (Å²) < 4.78 is 2.62. The van der Waals surface area contributed by atoms with Gasteiger partial charge in [0.2, 0.25) is 0 Å². The van der Waals surface area contributed by atoms with Crippen LogP contribution < -0.4 is 16.2 Å². The van der Waals surface area contributed by atoms with Crippen molar-refractivity contribution in [1.82, 2.24) is 4.57 Å². The van der Waals surface area contributed by atoms with E-state index in [1.165, 1.54) is 102 Å². The summed E-state index contributed by atoms with van der Waals surface area (Å²) in [6.07, 6.45) is 2.44. The number of nitrogens with one attached hydrogen (secondary N) is 1. The van der Waals surface area contributed by atoms with Crippen molar-refractivity contribution in [1.29, 1.82) is 0 Å². The molecule has 2 nitrogen and oxygen atoms in total. The van der Waals surface area contributed by atoms with Crippen LogP contribution in [-0.4, -0.2) is 11.8 Å². The number of fused-ring (bicyclic) bond motifs is 8. The summed E-state index contributed by atoms with van der Waals surface area (Å²) in [4.78, 5) is 0. The highest BCUT2D eigenvalue weighted by molar-refractivity contribution is 6.73. The number of anilines is 2. The molecule has 0 fully saturated rings. The van der Waals surface area contributed by atoms with Gasteiger partial charge in [-0.2, -0.15) is 0 Å². The average Bonchev–Trinajstić information content (AvgIpc) is 3.36. The zero-order chi connectivity index (χ0) is 31.0. The minimum absolute atomic E-state index is 0.0935. The van der Waals surface area contributed by atoms with Gasteiger partial charge in [0.25, 0.3) is 0 Å².